The molecule has 2 heterocycles. The molecular weight excluding hydrogens is 358 g/mol. The average Bonchev–Trinajstić information content (AvgIpc) is 2.73. The lowest BCUT2D eigenvalue weighted by molar-refractivity contribution is -0.131. The Kier molecular flexibility index (Phi) is 4.97. The summed E-state index contributed by atoms with van der Waals surface area (Å²) in [5.41, 5.74) is 0.517. The molecule has 1 amide bonds. The second-order valence-electron chi connectivity index (χ2n) is 6.78. The van der Waals surface area contributed by atoms with Crippen LogP contribution in [-0.4, -0.2) is 46.7 Å². The Bertz CT molecular complexity index is 1060. The van der Waals surface area contributed by atoms with Gasteiger partial charge in [-0.1, -0.05) is 24.3 Å². The lowest BCUT2D eigenvalue weighted by Crippen LogP contribution is -2.42. The number of amides is 1. The van der Waals surface area contributed by atoms with Crippen molar-refractivity contribution in [2.45, 2.75) is 19.1 Å². The van der Waals surface area contributed by atoms with Crippen LogP contribution in [0.5, 0.6) is 11.5 Å². The number of ether oxygens (including phenoxy) is 2. The molecule has 2 aromatic carbocycles. The minimum absolute atomic E-state index is 0.0671. The first-order valence-electron chi connectivity index (χ1n) is 9.18. The lowest BCUT2D eigenvalue weighted by atomic mass is 10.2. The van der Waals surface area contributed by atoms with Gasteiger partial charge in [-0.3, -0.25) is 14.2 Å². The molecule has 7 heteroatoms. The number of fused-ring (bicyclic) bond motifs is 2. The summed E-state index contributed by atoms with van der Waals surface area (Å²) in [6.07, 6.45) is 1.47. The number of likely N-dealkylation sites (N-methyl/N-ethyl adjacent to an activating group) is 1. The predicted octanol–water partition coefficient (Wildman–Crippen LogP) is 2.08. The zero-order chi connectivity index (χ0) is 19.5. The van der Waals surface area contributed by atoms with Gasteiger partial charge >= 0.3 is 0 Å². The van der Waals surface area contributed by atoms with Crippen molar-refractivity contribution in [3.8, 4) is 11.5 Å². The van der Waals surface area contributed by atoms with E-state index in [0.717, 1.165) is 5.75 Å². The van der Waals surface area contributed by atoms with Gasteiger partial charge in [0.05, 0.1) is 23.8 Å². The first kappa shape index (κ1) is 18.0. The fourth-order valence-electron chi connectivity index (χ4n) is 3.23. The number of aryl methyl sites for hydroxylation is 1. The zero-order valence-electron chi connectivity index (χ0n) is 15.6. The number of carbonyl (C=O) groups excluding carboxylic acids is 1. The van der Waals surface area contributed by atoms with Gasteiger partial charge in [-0.25, -0.2) is 4.98 Å². The van der Waals surface area contributed by atoms with Gasteiger partial charge in [-0.2, -0.15) is 0 Å². The van der Waals surface area contributed by atoms with Gasteiger partial charge in [0.15, 0.2) is 17.6 Å². The van der Waals surface area contributed by atoms with Crippen LogP contribution in [0, 0.1) is 0 Å². The molecule has 144 valence electrons. The highest BCUT2D eigenvalue weighted by Gasteiger charge is 2.23. The lowest BCUT2D eigenvalue weighted by Gasteiger charge is -2.29. The molecule has 1 unspecified atom stereocenters. The van der Waals surface area contributed by atoms with Gasteiger partial charge in [-0.05, 0) is 24.3 Å². The average molecular weight is 379 g/mol. The van der Waals surface area contributed by atoms with E-state index in [-0.39, 0.29) is 30.5 Å². The molecule has 0 saturated heterocycles. The summed E-state index contributed by atoms with van der Waals surface area (Å²) in [4.78, 5) is 30.9. The Hall–Kier alpha value is -3.35. The number of hydrogen-bond acceptors (Lipinski definition) is 5. The first-order valence-corrected chi connectivity index (χ1v) is 9.18. The van der Waals surface area contributed by atoms with Crippen molar-refractivity contribution in [3.05, 3.63) is 65.2 Å². The van der Waals surface area contributed by atoms with E-state index in [1.807, 2.05) is 30.3 Å². The van der Waals surface area contributed by atoms with Crippen LogP contribution in [0.1, 0.15) is 6.42 Å². The van der Waals surface area contributed by atoms with Crippen LogP contribution >= 0.6 is 0 Å². The van der Waals surface area contributed by atoms with Gasteiger partial charge in [-0.15, -0.1) is 0 Å². The van der Waals surface area contributed by atoms with Gasteiger partial charge < -0.3 is 14.4 Å². The Morgan fingerprint density at radius 2 is 1.93 bits per heavy atom. The van der Waals surface area contributed by atoms with E-state index < -0.39 is 0 Å². The van der Waals surface area contributed by atoms with Crippen LogP contribution < -0.4 is 15.0 Å². The molecule has 1 aromatic heterocycles. The van der Waals surface area contributed by atoms with Crippen LogP contribution in [-0.2, 0) is 11.3 Å². The number of aromatic nitrogens is 2. The monoisotopic (exact) mass is 379 g/mol. The SMILES string of the molecule is CN(CC1COc2ccccc2O1)C(=O)CCn1cnc2ccccc2c1=O. The standard InChI is InChI=1S/C21H21N3O4/c1-23(12-15-13-27-18-8-4-5-9-19(18)28-15)20(25)10-11-24-14-22-17-7-3-2-6-16(17)21(24)26/h2-9,14-15H,10-13H2,1H3. The summed E-state index contributed by atoms with van der Waals surface area (Å²) >= 11 is 0. The molecule has 1 aliphatic rings. The van der Waals surface area contributed by atoms with E-state index in [9.17, 15) is 9.59 Å². The molecule has 0 aliphatic carbocycles. The third kappa shape index (κ3) is 3.69. The fourth-order valence-corrected chi connectivity index (χ4v) is 3.23. The Labute approximate surface area is 162 Å². The number of benzene rings is 2. The van der Waals surface area contributed by atoms with E-state index in [0.29, 0.717) is 29.8 Å². The van der Waals surface area contributed by atoms with Gasteiger partial charge in [0.2, 0.25) is 5.91 Å². The van der Waals surface area contributed by atoms with Gasteiger partial charge in [0.25, 0.3) is 5.56 Å². The van der Waals surface area contributed by atoms with Crippen molar-refractivity contribution in [2.24, 2.45) is 0 Å². The molecule has 3 aromatic rings. The van der Waals surface area contributed by atoms with Gasteiger partial charge in [0, 0.05) is 20.0 Å². The predicted molar refractivity (Wildman–Crippen MR) is 105 cm³/mol. The van der Waals surface area contributed by atoms with E-state index in [2.05, 4.69) is 4.98 Å². The third-order valence-corrected chi connectivity index (χ3v) is 4.77. The van der Waals surface area contributed by atoms with E-state index >= 15 is 0 Å². The molecule has 0 fully saturated rings. The molecule has 7 nitrogen and oxygen atoms in total. The first-order chi connectivity index (χ1) is 13.6. The second-order valence-corrected chi connectivity index (χ2v) is 6.78. The summed E-state index contributed by atoms with van der Waals surface area (Å²) in [6.45, 7) is 1.09. The molecule has 0 bridgehead atoms. The molecular formula is C21H21N3O4. The second kappa shape index (κ2) is 7.72. The molecule has 1 atom stereocenters. The van der Waals surface area contributed by atoms with Crippen LogP contribution in [0.25, 0.3) is 10.9 Å². The van der Waals surface area contributed by atoms with E-state index in [1.165, 1.54) is 10.9 Å². The number of carbonyl (C=O) groups is 1. The van der Waals surface area contributed by atoms with Crippen LogP contribution in [0.3, 0.4) is 0 Å². The highest BCUT2D eigenvalue weighted by Crippen LogP contribution is 2.30. The van der Waals surface area contributed by atoms with Gasteiger partial charge in [0.1, 0.15) is 6.61 Å². The molecule has 0 saturated carbocycles. The number of para-hydroxylation sites is 3. The molecule has 28 heavy (non-hydrogen) atoms. The van der Waals surface area contributed by atoms with Crippen LogP contribution in [0.2, 0.25) is 0 Å². The van der Waals surface area contributed by atoms with E-state index in [4.69, 9.17) is 9.47 Å². The fraction of sp³-hybridized carbons (Fsp3) is 0.286. The number of hydrogen-bond donors (Lipinski definition) is 0. The number of rotatable bonds is 5. The van der Waals surface area contributed by atoms with Crippen molar-refractivity contribution >= 4 is 16.8 Å². The Balaban J connectivity index is 1.35. The smallest absolute Gasteiger partial charge is 0.261 e. The zero-order valence-corrected chi connectivity index (χ0v) is 15.6. The Morgan fingerprint density at radius 1 is 1.18 bits per heavy atom. The quantitative estimate of drug-likeness (QED) is 0.679. The minimum atomic E-state index is -0.228. The van der Waals surface area contributed by atoms with E-state index in [1.54, 1.807) is 30.1 Å². The Morgan fingerprint density at radius 3 is 2.79 bits per heavy atom. The largest absolute Gasteiger partial charge is 0.486 e. The maximum absolute atomic E-state index is 12.5. The third-order valence-electron chi connectivity index (χ3n) is 4.77. The van der Waals surface area contributed by atoms with Crippen molar-refractivity contribution in [3.63, 3.8) is 0 Å². The van der Waals surface area contributed by atoms with Crippen molar-refractivity contribution in [2.75, 3.05) is 20.2 Å². The van der Waals surface area contributed by atoms with Crippen molar-refractivity contribution in [1.29, 1.82) is 0 Å². The minimum Gasteiger partial charge on any atom is -0.486 e. The summed E-state index contributed by atoms with van der Waals surface area (Å²) < 4.78 is 13.1. The molecule has 0 spiro atoms. The van der Waals surface area contributed by atoms with Crippen molar-refractivity contribution in [1.82, 2.24) is 14.5 Å². The summed E-state index contributed by atoms with van der Waals surface area (Å²) in [6, 6.07) is 14.7. The summed E-state index contributed by atoms with van der Waals surface area (Å²) in [5, 5.41) is 0.553. The summed E-state index contributed by atoms with van der Waals surface area (Å²) in [7, 11) is 1.73. The normalized spacial score (nSPS) is 15.4. The highest BCUT2D eigenvalue weighted by molar-refractivity contribution is 5.77. The van der Waals surface area contributed by atoms with Crippen LogP contribution in [0.4, 0.5) is 0 Å². The number of nitrogens with zero attached hydrogens (tertiary/aromatic N) is 3. The van der Waals surface area contributed by atoms with Crippen LogP contribution in [0.15, 0.2) is 59.7 Å². The highest BCUT2D eigenvalue weighted by atomic mass is 16.6. The maximum Gasteiger partial charge on any atom is 0.261 e. The summed E-state index contributed by atoms with van der Waals surface area (Å²) in [5.74, 6) is 1.34. The molecule has 4 rings (SSSR count). The maximum atomic E-state index is 12.5. The molecule has 1 aliphatic heterocycles. The molecule has 0 N–H and O–H groups in total. The topological polar surface area (TPSA) is 73.7 Å². The van der Waals surface area contributed by atoms with Crippen molar-refractivity contribution < 1.29 is 14.3 Å². The molecule has 0 radical (unpaired) electrons.